The highest BCUT2D eigenvalue weighted by molar-refractivity contribution is 5.98. The average molecular weight is 439 g/mol. The Labute approximate surface area is 194 Å². The van der Waals surface area contributed by atoms with E-state index < -0.39 is 0 Å². The molecule has 4 aromatic rings. The molecule has 33 heavy (non-hydrogen) atoms. The fourth-order valence-electron chi connectivity index (χ4n) is 3.18. The summed E-state index contributed by atoms with van der Waals surface area (Å²) in [6.07, 6.45) is 0.790. The van der Waals surface area contributed by atoms with E-state index in [1.165, 1.54) is 0 Å². The second-order valence-electron chi connectivity index (χ2n) is 7.45. The molecule has 0 radical (unpaired) electrons. The van der Waals surface area contributed by atoms with Crippen molar-refractivity contribution in [3.63, 3.8) is 0 Å². The van der Waals surface area contributed by atoms with Crippen molar-refractivity contribution in [2.24, 2.45) is 0 Å². The van der Waals surface area contributed by atoms with Crippen molar-refractivity contribution in [2.45, 2.75) is 12.8 Å². The van der Waals surface area contributed by atoms with Crippen LogP contribution in [0.25, 0.3) is 0 Å². The molecule has 0 spiro atoms. The van der Waals surface area contributed by atoms with Crippen molar-refractivity contribution in [1.82, 2.24) is 0 Å². The number of ether oxygens (including phenoxy) is 1. The van der Waals surface area contributed by atoms with Gasteiger partial charge in [0.05, 0.1) is 7.11 Å². The van der Waals surface area contributed by atoms with Crippen molar-refractivity contribution in [3.8, 4) is 11.5 Å². The van der Waals surface area contributed by atoms with Crippen molar-refractivity contribution >= 4 is 11.6 Å². The SMILES string of the molecule is COc1ccc(CC(=O)c2ccccc2)cc1.O=C(Cc1ccc(O)cc1)c1ccccc1. The van der Waals surface area contributed by atoms with Gasteiger partial charge in [0, 0.05) is 24.0 Å². The molecular weight excluding hydrogens is 412 g/mol. The monoisotopic (exact) mass is 438 g/mol. The van der Waals surface area contributed by atoms with E-state index in [-0.39, 0.29) is 17.3 Å². The number of hydrogen-bond donors (Lipinski definition) is 1. The molecule has 0 saturated carbocycles. The minimum Gasteiger partial charge on any atom is -0.508 e. The van der Waals surface area contributed by atoms with Crippen LogP contribution in [-0.2, 0) is 12.8 Å². The highest BCUT2D eigenvalue weighted by Crippen LogP contribution is 2.14. The molecule has 0 unspecified atom stereocenters. The van der Waals surface area contributed by atoms with Gasteiger partial charge in [0.25, 0.3) is 0 Å². The van der Waals surface area contributed by atoms with E-state index in [0.29, 0.717) is 12.8 Å². The predicted molar refractivity (Wildman–Crippen MR) is 130 cm³/mol. The topological polar surface area (TPSA) is 63.6 Å². The standard InChI is InChI=1S/C15H14O2.C14H12O2/c1-17-14-9-7-12(8-10-14)11-15(16)13-5-3-2-4-6-13;15-13-8-6-11(7-9-13)10-14(16)12-4-2-1-3-5-12/h2-10H,11H2,1H3;1-9,15H,10H2. The Morgan fingerprint density at radius 1 is 0.606 bits per heavy atom. The maximum absolute atomic E-state index is 11.9. The number of aromatic hydroxyl groups is 1. The lowest BCUT2D eigenvalue weighted by Gasteiger charge is -2.03. The fraction of sp³-hybridized carbons (Fsp3) is 0.103. The van der Waals surface area contributed by atoms with Crippen LogP contribution in [0.5, 0.6) is 11.5 Å². The minimum absolute atomic E-state index is 0.0892. The van der Waals surface area contributed by atoms with E-state index in [2.05, 4.69) is 0 Å². The summed E-state index contributed by atoms with van der Waals surface area (Å²) in [6, 6.07) is 32.8. The molecule has 0 saturated heterocycles. The van der Waals surface area contributed by atoms with Crippen molar-refractivity contribution in [2.75, 3.05) is 7.11 Å². The Bertz CT molecular complexity index is 1150. The average Bonchev–Trinajstić information content (AvgIpc) is 2.87. The molecule has 0 atom stereocenters. The number of hydrogen-bond acceptors (Lipinski definition) is 4. The van der Waals surface area contributed by atoms with Crippen LogP contribution >= 0.6 is 0 Å². The number of carbonyl (C=O) groups is 2. The molecule has 0 bridgehead atoms. The molecule has 0 aliphatic heterocycles. The zero-order valence-electron chi connectivity index (χ0n) is 18.5. The highest BCUT2D eigenvalue weighted by atomic mass is 16.5. The van der Waals surface area contributed by atoms with Crippen LogP contribution in [0.4, 0.5) is 0 Å². The third-order valence-corrected chi connectivity index (χ3v) is 5.02. The third-order valence-electron chi connectivity index (χ3n) is 5.02. The fourth-order valence-corrected chi connectivity index (χ4v) is 3.18. The van der Waals surface area contributed by atoms with E-state index >= 15 is 0 Å². The summed E-state index contributed by atoms with van der Waals surface area (Å²) in [5, 5.41) is 9.12. The molecular formula is C29H26O4. The quantitative estimate of drug-likeness (QED) is 0.363. The first-order valence-corrected chi connectivity index (χ1v) is 10.6. The zero-order valence-corrected chi connectivity index (χ0v) is 18.5. The van der Waals surface area contributed by atoms with Crippen LogP contribution < -0.4 is 4.74 Å². The summed E-state index contributed by atoms with van der Waals surface area (Å²) in [5.41, 5.74) is 3.38. The van der Waals surface area contributed by atoms with Gasteiger partial charge in [-0.3, -0.25) is 9.59 Å². The van der Waals surface area contributed by atoms with E-state index in [0.717, 1.165) is 28.0 Å². The van der Waals surface area contributed by atoms with Gasteiger partial charge in [0.15, 0.2) is 11.6 Å². The van der Waals surface area contributed by atoms with Crippen LogP contribution in [0.1, 0.15) is 31.8 Å². The first-order chi connectivity index (χ1) is 16.0. The van der Waals surface area contributed by atoms with Crippen LogP contribution in [0, 0.1) is 0 Å². The van der Waals surface area contributed by atoms with Crippen LogP contribution in [0.3, 0.4) is 0 Å². The highest BCUT2D eigenvalue weighted by Gasteiger charge is 2.07. The van der Waals surface area contributed by atoms with Gasteiger partial charge in [0.1, 0.15) is 11.5 Å². The van der Waals surface area contributed by atoms with Gasteiger partial charge in [-0.2, -0.15) is 0 Å². The second kappa shape index (κ2) is 12.0. The molecule has 4 heteroatoms. The van der Waals surface area contributed by atoms with Crippen molar-refractivity contribution in [1.29, 1.82) is 0 Å². The maximum Gasteiger partial charge on any atom is 0.167 e. The molecule has 4 rings (SSSR count). The lowest BCUT2D eigenvalue weighted by atomic mass is 10.0. The third kappa shape index (κ3) is 7.47. The molecule has 0 fully saturated rings. The van der Waals surface area contributed by atoms with Gasteiger partial charge in [0.2, 0.25) is 0 Å². The molecule has 4 nitrogen and oxygen atoms in total. The summed E-state index contributed by atoms with van der Waals surface area (Å²) >= 11 is 0. The minimum atomic E-state index is 0.0892. The van der Waals surface area contributed by atoms with Crippen LogP contribution in [0.15, 0.2) is 109 Å². The molecule has 0 aliphatic rings. The number of rotatable bonds is 7. The summed E-state index contributed by atoms with van der Waals surface area (Å²) in [7, 11) is 1.63. The molecule has 1 N–H and O–H groups in total. The number of ketones is 2. The predicted octanol–water partition coefficient (Wildman–Crippen LogP) is 5.94. The molecule has 4 aromatic carbocycles. The Morgan fingerprint density at radius 3 is 1.39 bits per heavy atom. The van der Waals surface area contributed by atoms with Gasteiger partial charge in [-0.25, -0.2) is 0 Å². The van der Waals surface area contributed by atoms with E-state index in [1.807, 2.05) is 84.9 Å². The Morgan fingerprint density at radius 2 is 1.00 bits per heavy atom. The largest absolute Gasteiger partial charge is 0.508 e. The lowest BCUT2D eigenvalue weighted by molar-refractivity contribution is 0.0984. The van der Waals surface area contributed by atoms with Gasteiger partial charge in [-0.1, -0.05) is 84.9 Å². The maximum atomic E-state index is 11.9. The molecule has 0 aromatic heterocycles. The van der Waals surface area contributed by atoms with Gasteiger partial charge in [-0.15, -0.1) is 0 Å². The van der Waals surface area contributed by atoms with Crippen molar-refractivity contribution in [3.05, 3.63) is 131 Å². The molecule has 0 amide bonds. The van der Waals surface area contributed by atoms with Gasteiger partial charge < -0.3 is 9.84 Å². The van der Waals surface area contributed by atoms with Crippen LogP contribution in [-0.4, -0.2) is 23.8 Å². The summed E-state index contributed by atoms with van der Waals surface area (Å²) in [6.45, 7) is 0. The molecule has 166 valence electrons. The number of benzene rings is 4. The zero-order chi connectivity index (χ0) is 23.5. The number of methoxy groups -OCH3 is 1. The summed E-state index contributed by atoms with van der Waals surface area (Å²) in [5.74, 6) is 1.25. The number of phenolic OH excluding ortho intramolecular Hbond substituents is 1. The molecule has 0 aliphatic carbocycles. The Kier molecular flexibility index (Phi) is 8.55. The van der Waals surface area contributed by atoms with E-state index in [9.17, 15) is 9.59 Å². The molecule has 0 heterocycles. The first kappa shape index (κ1) is 23.5. The summed E-state index contributed by atoms with van der Waals surface area (Å²) < 4.78 is 5.07. The Hall–Kier alpha value is -4.18. The number of Topliss-reactive ketones (excluding diaryl/α,β-unsaturated/α-hetero) is 2. The van der Waals surface area contributed by atoms with Gasteiger partial charge >= 0.3 is 0 Å². The normalized spacial score (nSPS) is 9.97. The second-order valence-corrected chi connectivity index (χ2v) is 7.45. The van der Waals surface area contributed by atoms with E-state index in [1.54, 1.807) is 31.4 Å². The summed E-state index contributed by atoms with van der Waals surface area (Å²) in [4.78, 5) is 23.8. The van der Waals surface area contributed by atoms with E-state index in [4.69, 9.17) is 9.84 Å². The van der Waals surface area contributed by atoms with Crippen LogP contribution in [0.2, 0.25) is 0 Å². The van der Waals surface area contributed by atoms with Crippen molar-refractivity contribution < 1.29 is 19.4 Å². The van der Waals surface area contributed by atoms with Gasteiger partial charge in [-0.05, 0) is 35.4 Å². The Balaban J connectivity index is 0.000000186. The first-order valence-electron chi connectivity index (χ1n) is 10.6. The number of phenols is 1. The smallest absolute Gasteiger partial charge is 0.167 e. The number of carbonyl (C=O) groups excluding carboxylic acids is 2. The lowest BCUT2D eigenvalue weighted by Crippen LogP contribution is -2.02.